The molecule has 5 rings (SSSR count). The minimum atomic E-state index is -1.05. The van der Waals surface area contributed by atoms with Gasteiger partial charge < -0.3 is 25.4 Å². The molecule has 2 aromatic carbocycles. The molecule has 1 fully saturated rings. The lowest BCUT2D eigenvalue weighted by atomic mass is 10.0. The Morgan fingerprint density at radius 2 is 1.77 bits per heavy atom. The number of fused-ring (bicyclic) bond motifs is 1. The van der Waals surface area contributed by atoms with E-state index >= 15 is 0 Å². The van der Waals surface area contributed by atoms with E-state index in [4.69, 9.17) is 31.6 Å². The first-order chi connectivity index (χ1) is 22.9. The van der Waals surface area contributed by atoms with Gasteiger partial charge in [0, 0.05) is 5.75 Å². The number of rotatable bonds is 11. The van der Waals surface area contributed by atoms with Crippen LogP contribution in [0.2, 0.25) is 4.34 Å². The van der Waals surface area contributed by atoms with E-state index in [1.165, 1.54) is 22.7 Å². The van der Waals surface area contributed by atoms with E-state index in [2.05, 4.69) is 22.0 Å². The average Bonchev–Trinajstić information content (AvgIpc) is 3.40. The summed E-state index contributed by atoms with van der Waals surface area (Å²) in [5.41, 5.74) is 6.60. The molecule has 1 aromatic heterocycles. The summed E-state index contributed by atoms with van der Waals surface area (Å²) in [6, 6.07) is 17.5. The number of allylic oxidation sites excluding steroid dienone is 1. The third-order valence-electron chi connectivity index (χ3n) is 6.95. The van der Waals surface area contributed by atoms with Crippen molar-refractivity contribution in [2.45, 2.75) is 43.9 Å². The molecule has 3 N–H and O–H groups in total. The van der Waals surface area contributed by atoms with Gasteiger partial charge in [-0.3, -0.25) is 14.5 Å². The van der Waals surface area contributed by atoms with Crippen LogP contribution in [0, 0.1) is 0 Å². The van der Waals surface area contributed by atoms with Crippen LogP contribution in [0.25, 0.3) is 0 Å². The summed E-state index contributed by atoms with van der Waals surface area (Å²) in [4.78, 5) is 63.7. The Kier molecular flexibility index (Phi) is 10.6. The molecule has 0 radical (unpaired) electrons. The van der Waals surface area contributed by atoms with Crippen molar-refractivity contribution in [3.8, 4) is 0 Å². The average molecular weight is 710 g/mol. The quantitative estimate of drug-likeness (QED) is 0.124. The van der Waals surface area contributed by atoms with E-state index in [9.17, 15) is 19.2 Å². The van der Waals surface area contributed by atoms with Crippen LogP contribution < -0.4 is 11.1 Å². The second-order valence-corrected chi connectivity index (χ2v) is 14.3. The van der Waals surface area contributed by atoms with Crippen LogP contribution in [-0.2, 0) is 33.5 Å². The number of oxime groups is 1. The highest BCUT2D eigenvalue weighted by atomic mass is 35.5. The zero-order chi connectivity index (χ0) is 34.6. The number of thiazole rings is 1. The summed E-state index contributed by atoms with van der Waals surface area (Å²) in [7, 11) is 0. The van der Waals surface area contributed by atoms with Crippen LogP contribution >= 0.6 is 34.7 Å². The lowest BCUT2D eigenvalue weighted by molar-refractivity contribution is -0.160. The lowest BCUT2D eigenvalue weighted by Crippen LogP contribution is -2.71. The van der Waals surface area contributed by atoms with Gasteiger partial charge >= 0.3 is 11.9 Å². The second-order valence-electron chi connectivity index (χ2n) is 11.5. The van der Waals surface area contributed by atoms with Crippen molar-refractivity contribution in [3.63, 3.8) is 0 Å². The number of hydrogen-bond donors (Lipinski definition) is 2. The number of nitrogens with one attached hydrogen (secondary N) is 1. The normalized spacial score (nSPS) is 17.7. The van der Waals surface area contributed by atoms with Gasteiger partial charge in [0.15, 0.2) is 16.9 Å². The number of anilines is 1. The summed E-state index contributed by atoms with van der Waals surface area (Å²) in [5, 5.41) is 5.87. The van der Waals surface area contributed by atoms with Crippen molar-refractivity contribution in [2.75, 3.05) is 18.1 Å². The molecule has 15 heteroatoms. The van der Waals surface area contributed by atoms with Crippen LogP contribution in [0.3, 0.4) is 0 Å². The third-order valence-corrected chi connectivity index (χ3v) is 9.34. The zero-order valence-electron chi connectivity index (χ0n) is 26.2. The van der Waals surface area contributed by atoms with Crippen LogP contribution in [0.1, 0.15) is 43.7 Å². The monoisotopic (exact) mass is 709 g/mol. The van der Waals surface area contributed by atoms with Crippen LogP contribution in [0.5, 0.6) is 0 Å². The number of amides is 2. The molecule has 48 heavy (non-hydrogen) atoms. The maximum Gasteiger partial charge on any atom is 0.356 e. The Hall–Kier alpha value is -4.66. The summed E-state index contributed by atoms with van der Waals surface area (Å²) >= 11 is 8.52. The van der Waals surface area contributed by atoms with Crippen molar-refractivity contribution in [2.24, 2.45) is 5.16 Å². The SMILES string of the molecule is C=CC1=C(C(=O)OC(c2ccccc2)c2ccccc2)N2C(=O)C(NC(=O)/C(=N/OCC(=O)OC(C)(C)C)c3nc(N)sc3Cl)C2SC1. The smallest absolute Gasteiger partial charge is 0.356 e. The standard InChI is InChI=1S/C33H32ClN5O7S2/c1-5-18-17-47-30-24(36-28(41)23(22-27(34)48-32(35)37-22)38-44-16-21(40)46-33(2,3)4)29(42)39(30)25(18)31(43)45-26(19-12-8-6-9-13-19)20-14-10-7-11-15-20/h5-15,24,26,30H,1,16-17H2,2-4H3,(H2,35,37)(H,36,41)/b38-23+. The topological polar surface area (TPSA) is 163 Å². The largest absolute Gasteiger partial charge is 0.457 e. The Morgan fingerprint density at radius 1 is 1.15 bits per heavy atom. The predicted molar refractivity (Wildman–Crippen MR) is 183 cm³/mol. The molecule has 1 saturated heterocycles. The fourth-order valence-electron chi connectivity index (χ4n) is 4.92. The van der Waals surface area contributed by atoms with Gasteiger partial charge in [0.2, 0.25) is 6.61 Å². The highest BCUT2D eigenvalue weighted by Crippen LogP contribution is 2.42. The summed E-state index contributed by atoms with van der Waals surface area (Å²) in [6.45, 7) is 8.31. The lowest BCUT2D eigenvalue weighted by Gasteiger charge is -2.49. The van der Waals surface area contributed by atoms with Crippen molar-refractivity contribution in [3.05, 3.63) is 106 Å². The van der Waals surface area contributed by atoms with Crippen molar-refractivity contribution < 1.29 is 33.5 Å². The number of hydrogen-bond acceptors (Lipinski definition) is 12. The molecule has 0 bridgehead atoms. The molecule has 3 aromatic rings. The van der Waals surface area contributed by atoms with Crippen molar-refractivity contribution >= 4 is 69.3 Å². The fourth-order valence-corrected chi connectivity index (χ4v) is 7.19. The zero-order valence-corrected chi connectivity index (χ0v) is 28.6. The molecular formula is C33H32ClN5O7S2. The molecule has 0 spiro atoms. The van der Waals surface area contributed by atoms with E-state index in [-0.39, 0.29) is 20.9 Å². The second kappa shape index (κ2) is 14.6. The van der Waals surface area contributed by atoms with Gasteiger partial charge in [0.25, 0.3) is 11.8 Å². The van der Waals surface area contributed by atoms with E-state index in [1.807, 2.05) is 60.7 Å². The molecular weight excluding hydrogens is 678 g/mol. The maximum atomic E-state index is 13.9. The van der Waals surface area contributed by atoms with Crippen LogP contribution in [-0.4, -0.2) is 68.7 Å². The van der Waals surface area contributed by atoms with Gasteiger partial charge in [-0.15, -0.1) is 11.8 Å². The van der Waals surface area contributed by atoms with Gasteiger partial charge in [-0.1, -0.05) is 101 Å². The first kappa shape index (κ1) is 34.7. The number of nitrogens with zero attached hydrogens (tertiary/aromatic N) is 3. The van der Waals surface area contributed by atoms with E-state index in [0.29, 0.717) is 11.3 Å². The van der Waals surface area contributed by atoms with Gasteiger partial charge in [-0.05, 0) is 37.5 Å². The first-order valence-corrected chi connectivity index (χ1v) is 16.9. The number of nitrogens with two attached hydrogens (primary N) is 1. The first-order valence-electron chi connectivity index (χ1n) is 14.6. The van der Waals surface area contributed by atoms with Gasteiger partial charge in [0.05, 0.1) is 0 Å². The van der Waals surface area contributed by atoms with Gasteiger partial charge in [0.1, 0.15) is 32.7 Å². The number of carbonyl (C=O) groups excluding carboxylic acids is 4. The highest BCUT2D eigenvalue weighted by molar-refractivity contribution is 8.00. The van der Waals surface area contributed by atoms with E-state index < -0.39 is 59.2 Å². The molecule has 3 heterocycles. The molecule has 0 saturated carbocycles. The maximum absolute atomic E-state index is 13.9. The number of nitrogen functional groups attached to an aromatic ring is 1. The summed E-state index contributed by atoms with van der Waals surface area (Å²) < 4.78 is 11.3. The minimum Gasteiger partial charge on any atom is -0.457 e. The number of esters is 2. The van der Waals surface area contributed by atoms with E-state index in [0.717, 1.165) is 22.5 Å². The summed E-state index contributed by atoms with van der Waals surface area (Å²) in [6.07, 6.45) is 0.772. The number of halogens is 1. The Morgan fingerprint density at radius 3 is 2.31 bits per heavy atom. The van der Waals surface area contributed by atoms with Crippen LogP contribution in [0.4, 0.5) is 5.13 Å². The molecule has 2 aliphatic rings. The molecule has 250 valence electrons. The molecule has 2 atom stereocenters. The summed E-state index contributed by atoms with van der Waals surface area (Å²) in [5.74, 6) is -2.52. The number of benzene rings is 2. The fraction of sp³-hybridized carbons (Fsp3) is 0.273. The minimum absolute atomic E-state index is 0.0471. The highest BCUT2D eigenvalue weighted by Gasteiger charge is 2.54. The predicted octanol–water partition coefficient (Wildman–Crippen LogP) is 4.61. The van der Waals surface area contributed by atoms with Crippen molar-refractivity contribution in [1.82, 2.24) is 15.2 Å². The molecule has 2 unspecified atom stereocenters. The van der Waals surface area contributed by atoms with E-state index in [1.54, 1.807) is 20.8 Å². The number of β-lactam (4-membered cyclic amide) rings is 1. The van der Waals surface area contributed by atoms with Gasteiger partial charge in [-0.2, -0.15) is 0 Å². The number of aromatic nitrogens is 1. The number of carbonyl (C=O) groups is 4. The molecule has 2 amide bonds. The van der Waals surface area contributed by atoms with Gasteiger partial charge in [-0.25, -0.2) is 14.6 Å². The molecule has 12 nitrogen and oxygen atoms in total. The third kappa shape index (κ3) is 7.72. The Bertz CT molecular complexity index is 1750. The Balaban J connectivity index is 1.35. The number of ether oxygens (including phenoxy) is 2. The molecule has 0 aliphatic carbocycles. The van der Waals surface area contributed by atoms with Crippen LogP contribution in [0.15, 0.2) is 89.7 Å². The Labute approximate surface area is 289 Å². The van der Waals surface area contributed by atoms with Crippen molar-refractivity contribution in [1.29, 1.82) is 0 Å². The number of thioether (sulfide) groups is 1. The molecule has 2 aliphatic heterocycles.